The molecular formula is C28H38N8O6. The van der Waals surface area contributed by atoms with Crippen LogP contribution in [0.15, 0.2) is 43.0 Å². The number of H-pyrrole nitrogens is 2. The molecule has 0 spiro atoms. The fourth-order valence-electron chi connectivity index (χ4n) is 4.53. The van der Waals surface area contributed by atoms with E-state index in [0.29, 0.717) is 5.69 Å². The number of aromatic nitrogens is 3. The van der Waals surface area contributed by atoms with Gasteiger partial charge in [0.25, 0.3) is 0 Å². The number of aromatic amines is 2. The number of carboxylic acids is 1. The summed E-state index contributed by atoms with van der Waals surface area (Å²) in [5, 5.41) is 18.2. The molecule has 0 aliphatic heterocycles. The minimum atomic E-state index is -1.38. The highest BCUT2D eigenvalue weighted by Crippen LogP contribution is 2.19. The first kappa shape index (κ1) is 31.8. The molecule has 4 atom stereocenters. The number of para-hydroxylation sites is 1. The third-order valence-corrected chi connectivity index (χ3v) is 6.70. The first-order chi connectivity index (χ1) is 19.9. The molecule has 226 valence electrons. The lowest BCUT2D eigenvalue weighted by atomic mass is 10.00. The molecule has 3 rings (SSSR count). The standard InChI is InChI=1S/C28H38N8O6/c1-15(2)9-22(26(39)34-21(28(41)42)7-8-24(30)37)36-27(40)23(10-16-12-32-20-6-4-3-5-18(16)20)35-25(38)19(29)11-17-13-31-14-33-17/h3-6,12-15,19,21-23,32H,7-11,29H2,1-2H3,(H2,30,37)(H,31,33)(H,34,39)(H,35,38)(H,36,40)(H,41,42). The number of amides is 4. The number of hydrogen-bond acceptors (Lipinski definition) is 7. The Balaban J connectivity index is 1.81. The van der Waals surface area contributed by atoms with Gasteiger partial charge in [0.2, 0.25) is 23.6 Å². The molecule has 0 saturated heterocycles. The van der Waals surface area contributed by atoms with Gasteiger partial charge < -0.3 is 42.5 Å². The molecule has 0 bridgehead atoms. The summed E-state index contributed by atoms with van der Waals surface area (Å²) in [5.74, 6) is -4.06. The maximum atomic E-state index is 13.7. The van der Waals surface area contributed by atoms with Crippen LogP contribution in [0.5, 0.6) is 0 Å². The molecule has 42 heavy (non-hydrogen) atoms. The normalized spacial score (nSPS) is 14.1. The second-order valence-corrected chi connectivity index (χ2v) is 10.6. The van der Waals surface area contributed by atoms with Crippen molar-refractivity contribution in [2.45, 2.75) is 70.1 Å². The molecule has 3 aromatic rings. The minimum Gasteiger partial charge on any atom is -0.480 e. The summed E-state index contributed by atoms with van der Waals surface area (Å²) in [7, 11) is 0. The summed E-state index contributed by atoms with van der Waals surface area (Å²) in [6.07, 6.45) is 4.76. The topological polar surface area (TPSA) is 238 Å². The van der Waals surface area contributed by atoms with E-state index in [2.05, 4.69) is 30.9 Å². The lowest BCUT2D eigenvalue weighted by molar-refractivity contribution is -0.142. The number of fused-ring (bicyclic) bond motifs is 1. The van der Waals surface area contributed by atoms with Crippen molar-refractivity contribution in [3.63, 3.8) is 0 Å². The Bertz CT molecular complexity index is 1390. The Morgan fingerprint density at radius 1 is 0.929 bits per heavy atom. The summed E-state index contributed by atoms with van der Waals surface area (Å²) >= 11 is 0. The fourth-order valence-corrected chi connectivity index (χ4v) is 4.53. The van der Waals surface area contributed by atoms with E-state index in [1.54, 1.807) is 12.4 Å². The van der Waals surface area contributed by atoms with Crippen molar-refractivity contribution in [1.82, 2.24) is 30.9 Å². The van der Waals surface area contributed by atoms with Crippen molar-refractivity contribution in [1.29, 1.82) is 0 Å². The van der Waals surface area contributed by atoms with E-state index in [-0.39, 0.29) is 38.0 Å². The van der Waals surface area contributed by atoms with Crippen LogP contribution in [0.4, 0.5) is 0 Å². The summed E-state index contributed by atoms with van der Waals surface area (Å²) in [6.45, 7) is 3.68. The third-order valence-electron chi connectivity index (χ3n) is 6.70. The van der Waals surface area contributed by atoms with E-state index in [1.807, 2.05) is 38.1 Å². The molecule has 0 aliphatic carbocycles. The lowest BCUT2D eigenvalue weighted by Crippen LogP contribution is -2.58. The molecule has 14 heteroatoms. The van der Waals surface area contributed by atoms with E-state index in [9.17, 15) is 29.1 Å². The molecule has 2 aromatic heterocycles. The monoisotopic (exact) mass is 582 g/mol. The van der Waals surface area contributed by atoms with E-state index in [4.69, 9.17) is 11.5 Å². The highest BCUT2D eigenvalue weighted by molar-refractivity contribution is 5.95. The van der Waals surface area contributed by atoms with E-state index in [1.165, 1.54) is 6.33 Å². The predicted octanol–water partition coefficient (Wildman–Crippen LogP) is -0.146. The number of nitrogens with zero attached hydrogens (tertiary/aromatic N) is 1. The van der Waals surface area contributed by atoms with Gasteiger partial charge in [-0.2, -0.15) is 0 Å². The number of hydrogen-bond donors (Lipinski definition) is 8. The Hall–Kier alpha value is -4.72. The van der Waals surface area contributed by atoms with Gasteiger partial charge in [0.05, 0.1) is 12.4 Å². The van der Waals surface area contributed by atoms with Gasteiger partial charge in [-0.3, -0.25) is 19.2 Å². The molecule has 10 N–H and O–H groups in total. The van der Waals surface area contributed by atoms with Crippen LogP contribution in [0.2, 0.25) is 0 Å². The lowest BCUT2D eigenvalue weighted by Gasteiger charge is -2.26. The number of carbonyl (C=O) groups excluding carboxylic acids is 4. The SMILES string of the molecule is CC(C)CC(NC(=O)C(Cc1c[nH]c2ccccc12)NC(=O)C(N)Cc1cnc[nH]1)C(=O)NC(CCC(N)=O)C(=O)O. The quantitative estimate of drug-likeness (QED) is 0.113. The first-order valence-corrected chi connectivity index (χ1v) is 13.6. The number of carbonyl (C=O) groups is 5. The van der Waals surface area contributed by atoms with Gasteiger partial charge in [0, 0.05) is 48.3 Å². The average Bonchev–Trinajstić information content (AvgIpc) is 3.59. The van der Waals surface area contributed by atoms with Gasteiger partial charge in [0.1, 0.15) is 18.1 Å². The Morgan fingerprint density at radius 2 is 1.60 bits per heavy atom. The number of nitrogens with one attached hydrogen (secondary N) is 5. The number of imidazole rings is 1. The molecular weight excluding hydrogens is 544 g/mol. The minimum absolute atomic E-state index is 0.0561. The second-order valence-electron chi connectivity index (χ2n) is 10.6. The van der Waals surface area contributed by atoms with Crippen molar-refractivity contribution < 1.29 is 29.1 Å². The van der Waals surface area contributed by atoms with Crippen molar-refractivity contribution in [3.05, 3.63) is 54.2 Å². The summed E-state index contributed by atoms with van der Waals surface area (Å²) < 4.78 is 0. The Morgan fingerprint density at radius 3 is 2.24 bits per heavy atom. The number of primary amides is 1. The molecule has 14 nitrogen and oxygen atoms in total. The molecule has 0 fully saturated rings. The van der Waals surface area contributed by atoms with Crippen LogP contribution in [-0.2, 0) is 36.8 Å². The maximum absolute atomic E-state index is 13.7. The fraction of sp³-hybridized carbons (Fsp3) is 0.429. The Labute approximate surface area is 242 Å². The smallest absolute Gasteiger partial charge is 0.326 e. The summed E-state index contributed by atoms with van der Waals surface area (Å²) in [5.41, 5.74) is 13.5. The van der Waals surface area contributed by atoms with Crippen molar-refractivity contribution >= 4 is 40.5 Å². The second kappa shape index (κ2) is 14.8. The van der Waals surface area contributed by atoms with Crippen molar-refractivity contribution in [3.8, 4) is 0 Å². The zero-order chi connectivity index (χ0) is 30.8. The van der Waals surface area contributed by atoms with Gasteiger partial charge in [0.15, 0.2) is 0 Å². The van der Waals surface area contributed by atoms with Crippen LogP contribution in [-0.4, -0.2) is 73.8 Å². The first-order valence-electron chi connectivity index (χ1n) is 13.6. The third kappa shape index (κ3) is 9.16. The molecule has 2 heterocycles. The molecule has 4 unspecified atom stereocenters. The van der Waals surface area contributed by atoms with Crippen molar-refractivity contribution in [2.24, 2.45) is 17.4 Å². The predicted molar refractivity (Wildman–Crippen MR) is 154 cm³/mol. The summed E-state index contributed by atoms with van der Waals surface area (Å²) in [6, 6.07) is 2.90. The van der Waals surface area contributed by atoms with Gasteiger partial charge in [-0.05, 0) is 30.4 Å². The molecule has 0 saturated carbocycles. The van der Waals surface area contributed by atoms with E-state index in [0.717, 1.165) is 16.5 Å². The molecule has 0 radical (unpaired) electrons. The molecule has 1 aromatic carbocycles. The maximum Gasteiger partial charge on any atom is 0.326 e. The number of rotatable bonds is 16. The van der Waals surface area contributed by atoms with Gasteiger partial charge in [-0.1, -0.05) is 32.0 Å². The Kier molecular flexibility index (Phi) is 11.2. The van der Waals surface area contributed by atoms with Crippen LogP contribution >= 0.6 is 0 Å². The average molecular weight is 583 g/mol. The van der Waals surface area contributed by atoms with Crippen LogP contribution in [0, 0.1) is 5.92 Å². The van der Waals surface area contributed by atoms with E-state index >= 15 is 0 Å². The van der Waals surface area contributed by atoms with Gasteiger partial charge in [-0.15, -0.1) is 0 Å². The zero-order valence-corrected chi connectivity index (χ0v) is 23.6. The number of benzene rings is 1. The number of aliphatic carboxylic acids is 1. The highest BCUT2D eigenvalue weighted by Gasteiger charge is 2.31. The molecule has 0 aliphatic rings. The van der Waals surface area contributed by atoms with E-state index < -0.39 is 53.8 Å². The largest absolute Gasteiger partial charge is 0.480 e. The van der Waals surface area contributed by atoms with Crippen LogP contribution < -0.4 is 27.4 Å². The van der Waals surface area contributed by atoms with Crippen LogP contribution in [0.1, 0.15) is 44.4 Å². The number of nitrogens with two attached hydrogens (primary N) is 2. The zero-order valence-electron chi connectivity index (χ0n) is 23.6. The van der Waals surface area contributed by atoms with Crippen LogP contribution in [0.3, 0.4) is 0 Å². The molecule has 4 amide bonds. The van der Waals surface area contributed by atoms with Crippen molar-refractivity contribution in [2.75, 3.05) is 0 Å². The summed E-state index contributed by atoms with van der Waals surface area (Å²) in [4.78, 5) is 72.7. The van der Waals surface area contributed by atoms with Gasteiger partial charge in [-0.25, -0.2) is 9.78 Å². The van der Waals surface area contributed by atoms with Crippen LogP contribution in [0.25, 0.3) is 10.9 Å². The highest BCUT2D eigenvalue weighted by atomic mass is 16.4. The van der Waals surface area contributed by atoms with Gasteiger partial charge >= 0.3 is 5.97 Å². The number of carboxylic acid groups (broad SMARTS) is 1.